The average Bonchev–Trinajstić information content (AvgIpc) is 2.28. The van der Waals surface area contributed by atoms with Crippen LogP contribution in [0.4, 0.5) is 0 Å². The van der Waals surface area contributed by atoms with E-state index in [1.54, 1.807) is 0 Å². The van der Waals surface area contributed by atoms with Crippen LogP contribution in [-0.4, -0.2) is 7.85 Å². The van der Waals surface area contributed by atoms with Gasteiger partial charge in [0, 0.05) is 0 Å². The standard InChI is InChI=1S/C14H17B/c1-10-4-3-5-13-8-12(11(2)9-15)6-7-14(10)13/h6-8,10H,2-5,9H2,1H3. The summed E-state index contributed by atoms with van der Waals surface area (Å²) in [5.41, 5.74) is 5.28. The van der Waals surface area contributed by atoms with Gasteiger partial charge in [0.1, 0.15) is 0 Å². The molecule has 0 aliphatic heterocycles. The Hall–Kier alpha value is -0.975. The van der Waals surface area contributed by atoms with Gasteiger partial charge in [0.2, 0.25) is 0 Å². The van der Waals surface area contributed by atoms with Gasteiger partial charge in [0.15, 0.2) is 0 Å². The molecule has 1 aromatic carbocycles. The molecule has 0 N–H and O–H groups in total. The molecule has 15 heavy (non-hydrogen) atoms. The summed E-state index contributed by atoms with van der Waals surface area (Å²) in [7, 11) is 5.61. The number of fused-ring (bicyclic) bond motifs is 1. The third-order valence-corrected chi connectivity index (χ3v) is 3.41. The molecule has 2 radical (unpaired) electrons. The summed E-state index contributed by atoms with van der Waals surface area (Å²) < 4.78 is 0. The number of allylic oxidation sites excluding steroid dienone is 1. The van der Waals surface area contributed by atoms with Crippen LogP contribution in [0, 0.1) is 0 Å². The predicted octanol–water partition coefficient (Wildman–Crippen LogP) is 3.73. The van der Waals surface area contributed by atoms with Crippen molar-refractivity contribution >= 4 is 13.4 Å². The summed E-state index contributed by atoms with van der Waals surface area (Å²) >= 11 is 0. The minimum atomic E-state index is 0.550. The van der Waals surface area contributed by atoms with Crippen molar-refractivity contribution in [3.63, 3.8) is 0 Å². The van der Waals surface area contributed by atoms with Gasteiger partial charge < -0.3 is 0 Å². The van der Waals surface area contributed by atoms with E-state index in [1.807, 2.05) is 0 Å². The van der Waals surface area contributed by atoms with E-state index in [9.17, 15) is 0 Å². The smallest absolute Gasteiger partial charge is 0.0716 e. The number of rotatable bonds is 2. The molecule has 0 fully saturated rings. The lowest BCUT2D eigenvalue weighted by molar-refractivity contribution is 0.590. The van der Waals surface area contributed by atoms with Crippen molar-refractivity contribution in [3.05, 3.63) is 41.5 Å². The molecular formula is C14H17B. The van der Waals surface area contributed by atoms with Crippen LogP contribution in [0.25, 0.3) is 5.57 Å². The Bertz CT molecular complexity index is 379. The van der Waals surface area contributed by atoms with Crippen LogP contribution in [0.5, 0.6) is 0 Å². The highest BCUT2D eigenvalue weighted by molar-refractivity contribution is 6.14. The number of benzene rings is 1. The molecule has 0 nitrogen and oxygen atoms in total. The Morgan fingerprint density at radius 1 is 1.53 bits per heavy atom. The summed E-state index contributed by atoms with van der Waals surface area (Å²) in [6.45, 7) is 6.30. The topological polar surface area (TPSA) is 0 Å². The Labute approximate surface area is 93.8 Å². The molecular weight excluding hydrogens is 179 g/mol. The Morgan fingerprint density at radius 2 is 2.33 bits per heavy atom. The average molecular weight is 196 g/mol. The minimum Gasteiger partial charge on any atom is -0.0960 e. The second-order valence-electron chi connectivity index (χ2n) is 4.51. The van der Waals surface area contributed by atoms with Crippen LogP contribution in [0.3, 0.4) is 0 Å². The summed E-state index contributed by atoms with van der Waals surface area (Å²) in [4.78, 5) is 0. The van der Waals surface area contributed by atoms with E-state index in [0.717, 1.165) is 5.57 Å². The van der Waals surface area contributed by atoms with Crippen molar-refractivity contribution in [3.8, 4) is 0 Å². The van der Waals surface area contributed by atoms with Gasteiger partial charge in [0.05, 0.1) is 7.85 Å². The van der Waals surface area contributed by atoms with E-state index in [4.69, 9.17) is 7.85 Å². The molecule has 0 bridgehead atoms. The summed E-state index contributed by atoms with van der Waals surface area (Å²) in [6.07, 6.45) is 4.40. The highest BCUT2D eigenvalue weighted by Gasteiger charge is 2.16. The van der Waals surface area contributed by atoms with E-state index in [2.05, 4.69) is 31.7 Å². The normalized spacial score (nSPS) is 19.7. The van der Waals surface area contributed by atoms with Crippen molar-refractivity contribution in [1.82, 2.24) is 0 Å². The largest absolute Gasteiger partial charge is 0.0960 e. The second kappa shape index (κ2) is 4.26. The maximum absolute atomic E-state index is 5.61. The van der Waals surface area contributed by atoms with Crippen molar-refractivity contribution in [2.24, 2.45) is 0 Å². The summed E-state index contributed by atoms with van der Waals surface area (Å²) in [5.74, 6) is 0.717. The third-order valence-electron chi connectivity index (χ3n) is 3.41. The molecule has 1 aromatic rings. The fraction of sp³-hybridized carbons (Fsp3) is 0.429. The van der Waals surface area contributed by atoms with E-state index < -0.39 is 0 Å². The molecule has 0 amide bonds. The highest BCUT2D eigenvalue weighted by atomic mass is 14.2. The molecule has 0 saturated carbocycles. The van der Waals surface area contributed by atoms with E-state index >= 15 is 0 Å². The van der Waals surface area contributed by atoms with Crippen LogP contribution in [0.1, 0.15) is 42.4 Å². The van der Waals surface area contributed by atoms with Crippen LogP contribution >= 0.6 is 0 Å². The maximum Gasteiger partial charge on any atom is 0.0716 e. The van der Waals surface area contributed by atoms with Crippen LogP contribution < -0.4 is 0 Å². The second-order valence-corrected chi connectivity index (χ2v) is 4.51. The summed E-state index contributed by atoms with van der Waals surface area (Å²) in [6, 6.07) is 6.70. The molecule has 0 heterocycles. The molecule has 0 aromatic heterocycles. The Balaban J connectivity index is 2.37. The number of hydrogen-bond acceptors (Lipinski definition) is 0. The van der Waals surface area contributed by atoms with Gasteiger partial charge in [-0.25, -0.2) is 0 Å². The first-order valence-corrected chi connectivity index (χ1v) is 5.73. The quantitative estimate of drug-likeness (QED) is 0.632. The lowest BCUT2D eigenvalue weighted by Crippen LogP contribution is -2.07. The lowest BCUT2D eigenvalue weighted by Gasteiger charge is -2.23. The maximum atomic E-state index is 5.61. The first kappa shape index (κ1) is 10.5. The van der Waals surface area contributed by atoms with Gasteiger partial charge >= 0.3 is 0 Å². The van der Waals surface area contributed by atoms with Gasteiger partial charge in [-0.05, 0) is 41.9 Å². The van der Waals surface area contributed by atoms with E-state index in [-0.39, 0.29) is 0 Å². The fourth-order valence-electron chi connectivity index (χ4n) is 2.39. The zero-order valence-corrected chi connectivity index (χ0v) is 9.42. The van der Waals surface area contributed by atoms with Crippen LogP contribution in [-0.2, 0) is 6.42 Å². The SMILES string of the molecule is [B]CC(=C)c1ccc2c(c1)CCCC2C. The summed E-state index contributed by atoms with van der Waals surface area (Å²) in [5, 5.41) is 0. The molecule has 0 spiro atoms. The zero-order valence-electron chi connectivity index (χ0n) is 9.42. The fourth-order valence-corrected chi connectivity index (χ4v) is 2.39. The molecule has 1 unspecified atom stereocenters. The molecule has 1 heteroatoms. The molecule has 1 aliphatic carbocycles. The number of hydrogen-bond donors (Lipinski definition) is 0. The molecule has 1 aliphatic rings. The third kappa shape index (κ3) is 2.02. The van der Waals surface area contributed by atoms with Crippen LogP contribution in [0.2, 0.25) is 6.32 Å². The van der Waals surface area contributed by atoms with Crippen molar-refractivity contribution in [2.75, 3.05) is 0 Å². The van der Waals surface area contributed by atoms with Gasteiger partial charge in [-0.3, -0.25) is 0 Å². The van der Waals surface area contributed by atoms with Crippen LogP contribution in [0.15, 0.2) is 24.8 Å². The predicted molar refractivity (Wildman–Crippen MR) is 67.4 cm³/mol. The molecule has 2 rings (SSSR count). The van der Waals surface area contributed by atoms with Crippen molar-refractivity contribution < 1.29 is 0 Å². The van der Waals surface area contributed by atoms with Gasteiger partial charge in [0.25, 0.3) is 0 Å². The molecule has 0 saturated heterocycles. The Kier molecular flexibility index (Phi) is 2.99. The van der Waals surface area contributed by atoms with Gasteiger partial charge in [-0.15, -0.1) is 0 Å². The zero-order chi connectivity index (χ0) is 10.8. The molecule has 1 atom stereocenters. The lowest BCUT2D eigenvalue weighted by atomic mass is 9.81. The highest BCUT2D eigenvalue weighted by Crippen LogP contribution is 2.32. The number of aryl methyl sites for hydroxylation is 1. The monoisotopic (exact) mass is 196 g/mol. The van der Waals surface area contributed by atoms with Crippen molar-refractivity contribution in [2.45, 2.75) is 38.4 Å². The molecule has 76 valence electrons. The van der Waals surface area contributed by atoms with Gasteiger partial charge in [-0.1, -0.05) is 43.6 Å². The van der Waals surface area contributed by atoms with Gasteiger partial charge in [-0.2, -0.15) is 0 Å². The van der Waals surface area contributed by atoms with E-state index in [1.165, 1.54) is 36.0 Å². The first-order valence-electron chi connectivity index (χ1n) is 5.73. The van der Waals surface area contributed by atoms with E-state index in [0.29, 0.717) is 12.2 Å². The minimum absolute atomic E-state index is 0.550. The van der Waals surface area contributed by atoms with Crippen molar-refractivity contribution in [1.29, 1.82) is 0 Å². The first-order chi connectivity index (χ1) is 7.22. The Morgan fingerprint density at radius 3 is 3.07 bits per heavy atom.